The summed E-state index contributed by atoms with van der Waals surface area (Å²) in [5, 5.41) is 12.1. The Morgan fingerprint density at radius 2 is 2.04 bits per heavy atom. The molecule has 0 aromatic carbocycles. The predicted molar refractivity (Wildman–Crippen MR) is 104 cm³/mol. The van der Waals surface area contributed by atoms with E-state index in [-0.39, 0.29) is 11.5 Å². The summed E-state index contributed by atoms with van der Waals surface area (Å²) in [6.07, 6.45) is 2.44. The number of aryl methyl sites for hydroxylation is 2. The summed E-state index contributed by atoms with van der Waals surface area (Å²) >= 11 is 2.37. The molecule has 0 aliphatic heterocycles. The maximum absolute atomic E-state index is 13.0. The van der Waals surface area contributed by atoms with Crippen molar-refractivity contribution in [3.8, 4) is 0 Å². The predicted octanol–water partition coefficient (Wildman–Crippen LogP) is 1.87. The van der Waals surface area contributed by atoms with Gasteiger partial charge in [-0.15, -0.1) is 21.5 Å². The minimum absolute atomic E-state index is 0.297. The van der Waals surface area contributed by atoms with E-state index in [1.165, 1.54) is 22.2 Å². The standard InChI is InChI=1S/C16H18N6O3S2/c1-4-8(13(24)19-16-21-20-9(5-2)26-16)22-6-18-14-10(15(22)25)7(3)11(27-14)12(17)23/h6,8H,4-5H2,1-3H3,(H2,17,23)(H,19,21,24). The average Bonchev–Trinajstić information content (AvgIpc) is 3.22. The third kappa shape index (κ3) is 3.47. The van der Waals surface area contributed by atoms with Crippen LogP contribution in [0.1, 0.15) is 46.6 Å². The molecule has 0 spiro atoms. The van der Waals surface area contributed by atoms with E-state index in [1.54, 1.807) is 13.8 Å². The topological polar surface area (TPSA) is 133 Å². The fourth-order valence-electron chi connectivity index (χ4n) is 2.74. The van der Waals surface area contributed by atoms with Gasteiger partial charge in [0.2, 0.25) is 11.0 Å². The van der Waals surface area contributed by atoms with Gasteiger partial charge in [0.05, 0.1) is 16.6 Å². The summed E-state index contributed by atoms with van der Waals surface area (Å²) in [6, 6.07) is -0.764. The fraction of sp³-hybridized carbons (Fsp3) is 0.375. The quantitative estimate of drug-likeness (QED) is 0.642. The molecule has 0 radical (unpaired) electrons. The SMILES string of the molecule is CCc1nnc(NC(=O)C(CC)n2cnc3sc(C(N)=O)c(C)c3c2=O)s1. The minimum Gasteiger partial charge on any atom is -0.365 e. The Morgan fingerprint density at radius 1 is 1.30 bits per heavy atom. The first-order valence-corrected chi connectivity index (χ1v) is 9.93. The number of nitrogens with one attached hydrogen (secondary N) is 1. The third-order valence-corrected chi connectivity index (χ3v) is 6.32. The number of anilines is 1. The van der Waals surface area contributed by atoms with Crippen LogP contribution in [0.4, 0.5) is 5.13 Å². The van der Waals surface area contributed by atoms with Gasteiger partial charge in [0.1, 0.15) is 15.9 Å². The lowest BCUT2D eigenvalue weighted by Crippen LogP contribution is -2.33. The monoisotopic (exact) mass is 406 g/mol. The van der Waals surface area contributed by atoms with Gasteiger partial charge in [-0.05, 0) is 25.3 Å². The van der Waals surface area contributed by atoms with E-state index >= 15 is 0 Å². The Hall–Kier alpha value is -2.66. The zero-order valence-electron chi connectivity index (χ0n) is 15.0. The zero-order chi connectivity index (χ0) is 19.7. The molecule has 0 saturated heterocycles. The Balaban J connectivity index is 1.99. The second-order valence-electron chi connectivity index (χ2n) is 5.83. The number of amides is 2. The molecule has 3 aromatic heterocycles. The van der Waals surface area contributed by atoms with E-state index in [4.69, 9.17) is 5.73 Å². The van der Waals surface area contributed by atoms with Gasteiger partial charge >= 0.3 is 0 Å². The van der Waals surface area contributed by atoms with Gasteiger partial charge in [0.15, 0.2) is 0 Å². The maximum Gasteiger partial charge on any atom is 0.263 e. The maximum atomic E-state index is 13.0. The molecule has 3 N–H and O–H groups in total. The summed E-state index contributed by atoms with van der Waals surface area (Å²) in [6.45, 7) is 5.40. The number of fused-ring (bicyclic) bond motifs is 1. The molecule has 3 aromatic rings. The van der Waals surface area contributed by atoms with Crippen molar-refractivity contribution in [1.82, 2.24) is 19.7 Å². The highest BCUT2D eigenvalue weighted by Crippen LogP contribution is 2.27. The van der Waals surface area contributed by atoms with Crippen LogP contribution in [0, 0.1) is 6.92 Å². The molecule has 0 aliphatic carbocycles. The van der Waals surface area contributed by atoms with Crippen LogP contribution >= 0.6 is 22.7 Å². The number of thiophene rings is 1. The molecule has 0 aliphatic rings. The lowest BCUT2D eigenvalue weighted by Gasteiger charge is -2.16. The molecule has 2 amide bonds. The number of aromatic nitrogens is 4. The van der Waals surface area contributed by atoms with Gasteiger partial charge in [0, 0.05) is 0 Å². The lowest BCUT2D eigenvalue weighted by atomic mass is 10.1. The van der Waals surface area contributed by atoms with Crippen molar-refractivity contribution >= 4 is 49.8 Å². The molecule has 0 fully saturated rings. The van der Waals surface area contributed by atoms with Crippen molar-refractivity contribution in [2.24, 2.45) is 5.73 Å². The first-order valence-electron chi connectivity index (χ1n) is 8.30. The van der Waals surface area contributed by atoms with Gasteiger partial charge in [-0.25, -0.2) is 4.98 Å². The van der Waals surface area contributed by atoms with E-state index in [0.717, 1.165) is 22.8 Å². The molecule has 9 nitrogen and oxygen atoms in total. The van der Waals surface area contributed by atoms with Crippen molar-refractivity contribution in [2.75, 3.05) is 5.32 Å². The summed E-state index contributed by atoms with van der Waals surface area (Å²) in [5.41, 5.74) is 5.47. The second-order valence-corrected chi connectivity index (χ2v) is 7.89. The molecule has 27 heavy (non-hydrogen) atoms. The van der Waals surface area contributed by atoms with Gasteiger partial charge in [0.25, 0.3) is 11.5 Å². The van der Waals surface area contributed by atoms with Crippen LogP contribution in [0.25, 0.3) is 10.2 Å². The van der Waals surface area contributed by atoms with Crippen LogP contribution < -0.4 is 16.6 Å². The number of nitrogens with two attached hydrogens (primary N) is 1. The lowest BCUT2D eigenvalue weighted by molar-refractivity contribution is -0.119. The average molecular weight is 406 g/mol. The number of carbonyl (C=O) groups is 2. The first-order chi connectivity index (χ1) is 12.9. The molecular formula is C16H18N6O3S2. The van der Waals surface area contributed by atoms with Crippen molar-refractivity contribution in [3.63, 3.8) is 0 Å². The Bertz CT molecular complexity index is 1080. The van der Waals surface area contributed by atoms with Gasteiger partial charge in [-0.1, -0.05) is 25.2 Å². The van der Waals surface area contributed by atoms with Crippen LogP contribution in [0.15, 0.2) is 11.1 Å². The highest BCUT2D eigenvalue weighted by atomic mass is 32.1. The van der Waals surface area contributed by atoms with Gasteiger partial charge in [-0.3, -0.25) is 24.3 Å². The molecule has 3 rings (SSSR count). The summed E-state index contributed by atoms with van der Waals surface area (Å²) < 4.78 is 1.28. The largest absolute Gasteiger partial charge is 0.365 e. The van der Waals surface area contributed by atoms with Gasteiger partial charge in [-0.2, -0.15) is 0 Å². The number of hydrogen-bond donors (Lipinski definition) is 2. The third-order valence-electron chi connectivity index (χ3n) is 4.12. The van der Waals surface area contributed by atoms with Crippen LogP contribution in [0.3, 0.4) is 0 Å². The van der Waals surface area contributed by atoms with Crippen molar-refractivity contribution in [3.05, 3.63) is 32.1 Å². The molecule has 11 heteroatoms. The summed E-state index contributed by atoms with van der Waals surface area (Å²) in [5.74, 6) is -0.975. The van der Waals surface area contributed by atoms with E-state index in [9.17, 15) is 14.4 Å². The fourth-order valence-corrected chi connectivity index (χ4v) is 4.41. The molecule has 142 valence electrons. The molecule has 3 heterocycles. The van der Waals surface area contributed by atoms with Crippen LogP contribution in [0.2, 0.25) is 0 Å². The van der Waals surface area contributed by atoms with Crippen molar-refractivity contribution < 1.29 is 9.59 Å². The number of hydrogen-bond acceptors (Lipinski definition) is 8. The zero-order valence-corrected chi connectivity index (χ0v) is 16.6. The van der Waals surface area contributed by atoms with Crippen LogP contribution in [-0.2, 0) is 11.2 Å². The van der Waals surface area contributed by atoms with Gasteiger partial charge < -0.3 is 5.73 Å². The van der Waals surface area contributed by atoms with Crippen LogP contribution in [0.5, 0.6) is 0 Å². The molecule has 1 atom stereocenters. The Labute approximate surface area is 162 Å². The van der Waals surface area contributed by atoms with Crippen LogP contribution in [-0.4, -0.2) is 31.6 Å². The second kappa shape index (κ2) is 7.53. The highest BCUT2D eigenvalue weighted by molar-refractivity contribution is 7.20. The summed E-state index contributed by atoms with van der Waals surface area (Å²) in [7, 11) is 0. The number of carbonyl (C=O) groups excluding carboxylic acids is 2. The van der Waals surface area contributed by atoms with Crippen molar-refractivity contribution in [1.29, 1.82) is 0 Å². The number of rotatable bonds is 6. The minimum atomic E-state index is -0.764. The van der Waals surface area contributed by atoms with E-state index in [0.29, 0.717) is 32.2 Å². The normalized spacial score (nSPS) is 12.3. The molecule has 0 bridgehead atoms. The Morgan fingerprint density at radius 3 is 2.63 bits per heavy atom. The van der Waals surface area contributed by atoms with E-state index < -0.39 is 11.9 Å². The Kier molecular flexibility index (Phi) is 5.33. The number of primary amides is 1. The van der Waals surface area contributed by atoms with E-state index in [2.05, 4.69) is 20.5 Å². The summed E-state index contributed by atoms with van der Waals surface area (Å²) in [4.78, 5) is 42.2. The highest BCUT2D eigenvalue weighted by Gasteiger charge is 2.24. The van der Waals surface area contributed by atoms with Crippen molar-refractivity contribution in [2.45, 2.75) is 39.7 Å². The van der Waals surface area contributed by atoms with E-state index in [1.807, 2.05) is 6.92 Å². The first kappa shape index (κ1) is 19.1. The molecular weight excluding hydrogens is 388 g/mol. The molecule has 0 saturated carbocycles. The smallest absolute Gasteiger partial charge is 0.263 e. The molecule has 1 unspecified atom stereocenters. The number of nitrogens with zero attached hydrogens (tertiary/aromatic N) is 4.